The molecule has 0 amide bonds. The zero-order chi connectivity index (χ0) is 30.4. The van der Waals surface area contributed by atoms with Crippen LogP contribution in [0, 0.1) is 6.92 Å². The summed E-state index contributed by atoms with van der Waals surface area (Å²) in [4.78, 5) is 32.1. The lowest BCUT2D eigenvalue weighted by Crippen LogP contribution is -2.21. The fourth-order valence-electron chi connectivity index (χ4n) is 3.76. The summed E-state index contributed by atoms with van der Waals surface area (Å²) in [6, 6.07) is 12.6. The number of rotatable bonds is 4. The van der Waals surface area contributed by atoms with E-state index in [4.69, 9.17) is 29.9 Å². The second-order valence-electron chi connectivity index (χ2n) is 8.77. The Bertz CT molecular complexity index is 1450. The molecule has 4 aromatic heterocycles. The van der Waals surface area contributed by atoms with E-state index in [1.165, 1.54) is 9.75 Å². The molecule has 4 aromatic rings. The van der Waals surface area contributed by atoms with Gasteiger partial charge in [-0.2, -0.15) is 31.4 Å². The molecule has 1 saturated heterocycles. The van der Waals surface area contributed by atoms with Crippen LogP contribution in [-0.4, -0.2) is 72.1 Å². The standard InChI is InChI=1S/C21H21N5S.2C2HF3O2/c1-15-4-6-19(27-15)14-25-10-8-18(12-25)21-23-20-7-5-17(13-26(20)24-21)16-3-2-9-22-11-16;2*3-2(4,5)1(6)7/h2-7,9,11,13,18H,8,10,12,14H2,1H3;2*(H,6,7). The van der Waals surface area contributed by atoms with Crippen molar-refractivity contribution in [1.82, 2.24) is 24.5 Å². The Kier molecular flexibility index (Phi) is 10.0. The molecule has 0 aromatic carbocycles. The van der Waals surface area contributed by atoms with Gasteiger partial charge in [0.25, 0.3) is 0 Å². The number of carboxylic acid groups (broad SMARTS) is 2. The largest absolute Gasteiger partial charge is 0.490 e. The molecule has 1 unspecified atom stereocenters. The van der Waals surface area contributed by atoms with Gasteiger partial charge < -0.3 is 10.2 Å². The molecule has 1 atom stereocenters. The number of hydrogen-bond donors (Lipinski definition) is 2. The fraction of sp³-hybridized carbons (Fsp3) is 0.320. The van der Waals surface area contributed by atoms with Gasteiger partial charge in [-0.05, 0) is 50.2 Å². The van der Waals surface area contributed by atoms with Crippen LogP contribution in [0.4, 0.5) is 26.3 Å². The number of aliphatic carboxylic acids is 2. The van der Waals surface area contributed by atoms with Crippen molar-refractivity contribution in [3.05, 3.63) is 70.6 Å². The van der Waals surface area contributed by atoms with Crippen molar-refractivity contribution in [3.8, 4) is 11.1 Å². The second-order valence-corrected chi connectivity index (χ2v) is 10.1. The highest BCUT2D eigenvalue weighted by Crippen LogP contribution is 2.28. The lowest BCUT2D eigenvalue weighted by molar-refractivity contribution is -0.193. The van der Waals surface area contributed by atoms with Crippen molar-refractivity contribution in [2.75, 3.05) is 13.1 Å². The van der Waals surface area contributed by atoms with Gasteiger partial charge in [-0.1, -0.05) is 6.07 Å². The summed E-state index contributed by atoms with van der Waals surface area (Å²) in [5.74, 6) is -4.14. The molecule has 2 N–H and O–H groups in total. The molecule has 9 nitrogen and oxygen atoms in total. The molecule has 1 aliphatic heterocycles. The van der Waals surface area contributed by atoms with Crippen LogP contribution in [0.25, 0.3) is 16.8 Å². The summed E-state index contributed by atoms with van der Waals surface area (Å²) in [5.41, 5.74) is 3.10. The van der Waals surface area contributed by atoms with Gasteiger partial charge in [0.15, 0.2) is 11.5 Å². The van der Waals surface area contributed by atoms with Gasteiger partial charge in [0.1, 0.15) is 0 Å². The van der Waals surface area contributed by atoms with Gasteiger partial charge in [-0.15, -0.1) is 11.3 Å². The average molecular weight is 604 g/mol. The third-order valence-electron chi connectivity index (χ3n) is 5.64. The number of aryl methyl sites for hydroxylation is 1. The minimum absolute atomic E-state index is 0.410. The van der Waals surface area contributed by atoms with Crippen LogP contribution in [0.15, 0.2) is 55.0 Å². The molecule has 41 heavy (non-hydrogen) atoms. The SMILES string of the molecule is Cc1ccc(CN2CCC(c3nc4ccc(-c5cccnc5)cn4n3)C2)s1.O=C(O)C(F)(F)F.O=C(O)C(F)(F)F. The fourth-order valence-corrected chi connectivity index (χ4v) is 4.69. The molecule has 0 saturated carbocycles. The number of thiophene rings is 1. The quantitative estimate of drug-likeness (QED) is 0.297. The Morgan fingerprint density at radius 2 is 1.66 bits per heavy atom. The Balaban J connectivity index is 0.000000276. The van der Waals surface area contributed by atoms with Crippen molar-refractivity contribution >= 4 is 28.9 Å². The number of pyridine rings is 2. The van der Waals surface area contributed by atoms with E-state index in [1.807, 2.05) is 40.4 Å². The summed E-state index contributed by atoms with van der Waals surface area (Å²) in [6.45, 7) is 5.34. The maximum Gasteiger partial charge on any atom is 0.490 e. The lowest BCUT2D eigenvalue weighted by Gasteiger charge is -2.13. The van der Waals surface area contributed by atoms with Gasteiger partial charge >= 0.3 is 24.3 Å². The summed E-state index contributed by atoms with van der Waals surface area (Å²) >= 11 is 1.89. The van der Waals surface area contributed by atoms with E-state index in [2.05, 4.69) is 41.1 Å². The highest BCUT2D eigenvalue weighted by molar-refractivity contribution is 7.11. The van der Waals surface area contributed by atoms with Crippen LogP contribution in [0.3, 0.4) is 0 Å². The molecular weight excluding hydrogens is 580 g/mol. The molecule has 0 spiro atoms. The van der Waals surface area contributed by atoms with E-state index in [0.29, 0.717) is 5.92 Å². The highest BCUT2D eigenvalue weighted by atomic mass is 32.1. The van der Waals surface area contributed by atoms with Gasteiger partial charge in [0.05, 0.1) is 0 Å². The molecule has 1 fully saturated rings. The molecule has 5 heterocycles. The zero-order valence-corrected chi connectivity index (χ0v) is 22.0. The number of carbonyl (C=O) groups is 2. The number of nitrogens with zero attached hydrogens (tertiary/aromatic N) is 5. The number of hydrogen-bond acceptors (Lipinski definition) is 7. The van der Waals surface area contributed by atoms with Gasteiger partial charge in [0, 0.05) is 58.5 Å². The third kappa shape index (κ3) is 9.24. The van der Waals surface area contributed by atoms with Gasteiger partial charge in [0.2, 0.25) is 0 Å². The summed E-state index contributed by atoms with van der Waals surface area (Å²) in [6.07, 6.45) is -3.33. The van der Waals surface area contributed by atoms with Crippen molar-refractivity contribution in [1.29, 1.82) is 0 Å². The Hall–Kier alpha value is -4.05. The minimum Gasteiger partial charge on any atom is -0.475 e. The predicted octanol–water partition coefficient (Wildman–Crippen LogP) is 5.42. The van der Waals surface area contributed by atoms with E-state index >= 15 is 0 Å². The van der Waals surface area contributed by atoms with Crippen molar-refractivity contribution in [2.24, 2.45) is 0 Å². The van der Waals surface area contributed by atoms with E-state index < -0.39 is 24.3 Å². The number of alkyl halides is 6. The van der Waals surface area contributed by atoms with Crippen LogP contribution >= 0.6 is 11.3 Å². The number of carboxylic acids is 2. The molecule has 0 bridgehead atoms. The number of likely N-dealkylation sites (tertiary alicyclic amines) is 1. The van der Waals surface area contributed by atoms with Crippen molar-refractivity contribution in [2.45, 2.75) is 38.2 Å². The van der Waals surface area contributed by atoms with E-state index in [-0.39, 0.29) is 0 Å². The predicted molar refractivity (Wildman–Crippen MR) is 135 cm³/mol. The lowest BCUT2D eigenvalue weighted by atomic mass is 10.1. The first-order chi connectivity index (χ1) is 19.1. The molecule has 16 heteroatoms. The van der Waals surface area contributed by atoms with Crippen LogP contribution in [-0.2, 0) is 16.1 Å². The minimum atomic E-state index is -5.08. The maximum atomic E-state index is 10.6. The summed E-state index contributed by atoms with van der Waals surface area (Å²) in [7, 11) is 0. The number of halogens is 6. The van der Waals surface area contributed by atoms with Crippen LogP contribution < -0.4 is 0 Å². The van der Waals surface area contributed by atoms with Crippen LogP contribution in [0.5, 0.6) is 0 Å². The van der Waals surface area contributed by atoms with Crippen LogP contribution in [0.2, 0.25) is 0 Å². The summed E-state index contributed by atoms with van der Waals surface area (Å²) < 4.78 is 65.4. The van der Waals surface area contributed by atoms with E-state index in [1.54, 1.807) is 6.20 Å². The normalized spacial score (nSPS) is 15.5. The molecular formula is C25H23F6N5O4S. The van der Waals surface area contributed by atoms with Gasteiger partial charge in [-0.25, -0.2) is 19.1 Å². The molecule has 0 aliphatic carbocycles. The second kappa shape index (κ2) is 13.1. The average Bonchev–Trinajstić information content (AvgIpc) is 3.63. The Labute approximate surface area is 232 Å². The zero-order valence-electron chi connectivity index (χ0n) is 21.2. The molecule has 220 valence electrons. The number of aromatic nitrogens is 4. The van der Waals surface area contributed by atoms with E-state index in [9.17, 15) is 26.3 Å². The molecule has 5 rings (SSSR count). The Morgan fingerprint density at radius 1 is 1.00 bits per heavy atom. The van der Waals surface area contributed by atoms with Gasteiger partial charge in [-0.3, -0.25) is 9.88 Å². The van der Waals surface area contributed by atoms with Crippen LogP contribution in [0.1, 0.15) is 27.9 Å². The topological polar surface area (TPSA) is 121 Å². The maximum absolute atomic E-state index is 10.6. The number of fused-ring (bicyclic) bond motifs is 1. The van der Waals surface area contributed by atoms with Crippen molar-refractivity contribution < 1.29 is 46.1 Å². The first kappa shape index (κ1) is 31.5. The summed E-state index contributed by atoms with van der Waals surface area (Å²) in [5, 5.41) is 19.0. The van der Waals surface area contributed by atoms with E-state index in [0.717, 1.165) is 48.7 Å². The van der Waals surface area contributed by atoms with Crippen molar-refractivity contribution in [3.63, 3.8) is 0 Å². The smallest absolute Gasteiger partial charge is 0.475 e. The molecule has 1 aliphatic rings. The first-order valence-corrected chi connectivity index (χ1v) is 12.6. The monoisotopic (exact) mass is 603 g/mol. The molecule has 0 radical (unpaired) electrons. The Morgan fingerprint density at radius 3 is 2.20 bits per heavy atom. The highest BCUT2D eigenvalue weighted by Gasteiger charge is 2.38. The third-order valence-corrected chi connectivity index (χ3v) is 6.63. The first-order valence-electron chi connectivity index (χ1n) is 11.8.